The van der Waals surface area contributed by atoms with E-state index in [1.54, 1.807) is 0 Å². The summed E-state index contributed by atoms with van der Waals surface area (Å²) >= 11 is 0. The minimum Gasteiger partial charge on any atom is -0.494 e. The maximum absolute atomic E-state index is 5.90. The fraction of sp³-hybridized carbons (Fsp3) is 0.267. The van der Waals surface area contributed by atoms with Crippen LogP contribution in [0.5, 0.6) is 11.5 Å². The monoisotopic (exact) mass is 439 g/mol. The van der Waals surface area contributed by atoms with E-state index in [-0.39, 0.29) is 0 Å². The summed E-state index contributed by atoms with van der Waals surface area (Å²) in [7, 11) is 0. The van der Waals surface area contributed by atoms with Crippen molar-refractivity contribution in [3.05, 3.63) is 95.7 Å². The summed E-state index contributed by atoms with van der Waals surface area (Å²) in [5.74, 6) is 1.83. The molecule has 4 rings (SSSR count). The Morgan fingerprint density at radius 2 is 1.42 bits per heavy atom. The van der Waals surface area contributed by atoms with E-state index in [0.717, 1.165) is 37.3 Å². The fourth-order valence-corrected chi connectivity index (χ4v) is 4.09. The van der Waals surface area contributed by atoms with Gasteiger partial charge in [0.1, 0.15) is 11.5 Å². The Kier molecular flexibility index (Phi) is 7.86. The number of ether oxygens (including phenoxy) is 2. The predicted molar refractivity (Wildman–Crippen MR) is 139 cm³/mol. The first-order valence-electron chi connectivity index (χ1n) is 12.0. The Morgan fingerprint density at radius 3 is 2.09 bits per heavy atom. The number of hydrogen-bond acceptors (Lipinski definition) is 2. The standard InChI is InChI=1S/C30H33NO2/c1-3-25-23-31(4-2)30-26(11-10-14-29(25)30)18-15-24-16-19-28(20-17-24)33-22-9-8-21-32-27-12-6-5-7-13-27/h5-7,10-20,23H,3-4,8-9,21-22H2,1-2H3/b18-15+. The Labute approximate surface area is 197 Å². The molecule has 0 amide bonds. The van der Waals surface area contributed by atoms with Crippen molar-refractivity contribution in [3.8, 4) is 11.5 Å². The zero-order valence-corrected chi connectivity index (χ0v) is 19.7. The highest BCUT2D eigenvalue weighted by atomic mass is 16.5. The largest absolute Gasteiger partial charge is 0.494 e. The van der Waals surface area contributed by atoms with Crippen molar-refractivity contribution in [2.45, 2.75) is 39.7 Å². The molecule has 0 bridgehead atoms. The van der Waals surface area contributed by atoms with Gasteiger partial charge in [0, 0.05) is 18.1 Å². The Balaban J connectivity index is 1.29. The first-order valence-corrected chi connectivity index (χ1v) is 12.0. The highest BCUT2D eigenvalue weighted by Crippen LogP contribution is 2.27. The van der Waals surface area contributed by atoms with Gasteiger partial charge in [-0.2, -0.15) is 0 Å². The molecular weight excluding hydrogens is 406 g/mol. The van der Waals surface area contributed by atoms with Crippen LogP contribution in [0, 0.1) is 0 Å². The molecule has 0 N–H and O–H groups in total. The zero-order chi connectivity index (χ0) is 22.9. The molecule has 0 aliphatic carbocycles. The lowest BCUT2D eigenvalue weighted by atomic mass is 10.1. The van der Waals surface area contributed by atoms with Crippen molar-refractivity contribution < 1.29 is 9.47 Å². The third kappa shape index (κ3) is 5.87. The molecule has 0 unspecified atom stereocenters. The SMILES string of the molecule is CCc1cn(CC)c2c(/C=C/c3ccc(OCCCCOc4ccccc4)cc3)cccc12. The van der Waals surface area contributed by atoms with Gasteiger partial charge in [0.05, 0.1) is 18.7 Å². The molecule has 1 heterocycles. The van der Waals surface area contributed by atoms with Gasteiger partial charge in [-0.05, 0) is 67.1 Å². The Hall–Kier alpha value is -3.46. The predicted octanol–water partition coefficient (Wildman–Crippen LogP) is 7.63. The van der Waals surface area contributed by atoms with Crippen LogP contribution < -0.4 is 9.47 Å². The highest BCUT2D eigenvalue weighted by molar-refractivity contribution is 5.93. The molecule has 0 saturated carbocycles. The van der Waals surface area contributed by atoms with E-state index in [9.17, 15) is 0 Å². The topological polar surface area (TPSA) is 23.4 Å². The number of hydrogen-bond donors (Lipinski definition) is 0. The van der Waals surface area contributed by atoms with E-state index < -0.39 is 0 Å². The van der Waals surface area contributed by atoms with Crippen LogP contribution in [-0.4, -0.2) is 17.8 Å². The molecule has 0 atom stereocenters. The molecular formula is C30H33NO2. The summed E-state index contributed by atoms with van der Waals surface area (Å²) in [5, 5.41) is 1.36. The van der Waals surface area contributed by atoms with Crippen molar-refractivity contribution in [1.29, 1.82) is 0 Å². The third-order valence-electron chi connectivity index (χ3n) is 5.89. The second-order valence-corrected chi connectivity index (χ2v) is 8.16. The van der Waals surface area contributed by atoms with Crippen LogP contribution in [0.4, 0.5) is 0 Å². The lowest BCUT2D eigenvalue weighted by Gasteiger charge is -2.08. The highest BCUT2D eigenvalue weighted by Gasteiger charge is 2.08. The number of fused-ring (bicyclic) bond motifs is 1. The molecule has 33 heavy (non-hydrogen) atoms. The number of aromatic nitrogens is 1. The maximum Gasteiger partial charge on any atom is 0.119 e. The number of benzene rings is 3. The van der Waals surface area contributed by atoms with E-state index in [0.29, 0.717) is 13.2 Å². The number of nitrogens with zero attached hydrogens (tertiary/aromatic N) is 1. The molecule has 0 saturated heterocycles. The van der Waals surface area contributed by atoms with Crippen LogP contribution in [0.2, 0.25) is 0 Å². The van der Waals surface area contributed by atoms with Gasteiger partial charge >= 0.3 is 0 Å². The third-order valence-corrected chi connectivity index (χ3v) is 5.89. The number of unbranched alkanes of at least 4 members (excludes halogenated alkanes) is 1. The first kappa shape index (κ1) is 22.7. The second-order valence-electron chi connectivity index (χ2n) is 8.16. The van der Waals surface area contributed by atoms with Crippen molar-refractivity contribution in [2.24, 2.45) is 0 Å². The molecule has 0 spiro atoms. The van der Waals surface area contributed by atoms with Gasteiger partial charge in [-0.3, -0.25) is 0 Å². The molecule has 0 fully saturated rings. The Morgan fingerprint density at radius 1 is 0.727 bits per heavy atom. The van der Waals surface area contributed by atoms with Crippen molar-refractivity contribution >= 4 is 23.1 Å². The summed E-state index contributed by atoms with van der Waals surface area (Å²) in [6, 6.07) is 24.8. The number of aryl methyl sites for hydroxylation is 2. The first-order chi connectivity index (χ1) is 16.3. The van der Waals surface area contributed by atoms with E-state index in [1.165, 1.54) is 27.6 Å². The zero-order valence-electron chi connectivity index (χ0n) is 19.7. The van der Waals surface area contributed by atoms with Gasteiger partial charge in [-0.1, -0.05) is 67.6 Å². The maximum atomic E-state index is 5.90. The number of para-hydroxylation sites is 2. The van der Waals surface area contributed by atoms with Crippen LogP contribution in [0.25, 0.3) is 23.1 Å². The van der Waals surface area contributed by atoms with Crippen LogP contribution in [0.1, 0.15) is 43.4 Å². The lowest BCUT2D eigenvalue weighted by molar-refractivity contribution is 0.266. The molecule has 4 aromatic rings. The van der Waals surface area contributed by atoms with Gasteiger partial charge in [-0.15, -0.1) is 0 Å². The van der Waals surface area contributed by atoms with Crippen LogP contribution in [0.15, 0.2) is 79.0 Å². The average molecular weight is 440 g/mol. The number of rotatable bonds is 11. The molecule has 1 aromatic heterocycles. The molecule has 0 radical (unpaired) electrons. The van der Waals surface area contributed by atoms with Gasteiger partial charge < -0.3 is 14.0 Å². The van der Waals surface area contributed by atoms with Gasteiger partial charge in [-0.25, -0.2) is 0 Å². The molecule has 0 aliphatic rings. The minimum atomic E-state index is 0.698. The summed E-state index contributed by atoms with van der Waals surface area (Å²) in [6.07, 6.45) is 9.69. The van der Waals surface area contributed by atoms with Crippen LogP contribution >= 0.6 is 0 Å². The van der Waals surface area contributed by atoms with Crippen molar-refractivity contribution in [3.63, 3.8) is 0 Å². The Bertz CT molecular complexity index is 1170. The average Bonchev–Trinajstić information content (AvgIpc) is 3.25. The van der Waals surface area contributed by atoms with E-state index in [2.05, 4.69) is 67.1 Å². The summed E-state index contributed by atoms with van der Waals surface area (Å²) in [5.41, 5.74) is 5.16. The summed E-state index contributed by atoms with van der Waals surface area (Å²) in [6.45, 7) is 6.81. The summed E-state index contributed by atoms with van der Waals surface area (Å²) < 4.78 is 14.0. The second kappa shape index (κ2) is 11.4. The van der Waals surface area contributed by atoms with Crippen molar-refractivity contribution in [2.75, 3.05) is 13.2 Å². The van der Waals surface area contributed by atoms with E-state index in [1.807, 2.05) is 42.5 Å². The summed E-state index contributed by atoms with van der Waals surface area (Å²) in [4.78, 5) is 0. The van der Waals surface area contributed by atoms with E-state index >= 15 is 0 Å². The van der Waals surface area contributed by atoms with Crippen molar-refractivity contribution in [1.82, 2.24) is 4.57 Å². The van der Waals surface area contributed by atoms with E-state index in [4.69, 9.17) is 9.47 Å². The lowest BCUT2D eigenvalue weighted by Crippen LogP contribution is -2.02. The molecule has 0 aliphatic heterocycles. The fourth-order valence-electron chi connectivity index (χ4n) is 4.09. The quantitative estimate of drug-likeness (QED) is 0.177. The van der Waals surface area contributed by atoms with Gasteiger partial charge in [0.2, 0.25) is 0 Å². The molecule has 3 heteroatoms. The smallest absolute Gasteiger partial charge is 0.119 e. The molecule has 170 valence electrons. The van der Waals surface area contributed by atoms with Gasteiger partial charge in [0.15, 0.2) is 0 Å². The molecule has 3 aromatic carbocycles. The normalized spacial score (nSPS) is 11.3. The van der Waals surface area contributed by atoms with Gasteiger partial charge in [0.25, 0.3) is 0 Å². The minimum absolute atomic E-state index is 0.698. The van der Waals surface area contributed by atoms with Crippen LogP contribution in [0.3, 0.4) is 0 Å². The molecule has 3 nitrogen and oxygen atoms in total. The van der Waals surface area contributed by atoms with Crippen LogP contribution in [-0.2, 0) is 13.0 Å².